The Morgan fingerprint density at radius 1 is 1.18 bits per heavy atom. The van der Waals surface area contributed by atoms with E-state index in [0.29, 0.717) is 0 Å². The molecule has 0 bridgehead atoms. The van der Waals surface area contributed by atoms with Crippen LogP contribution < -0.4 is 10.6 Å². The Bertz CT molecular complexity index is 899. The number of aromatic amines is 1. The maximum absolute atomic E-state index is 4.68. The molecule has 0 radical (unpaired) electrons. The molecule has 3 rings (SSSR count). The van der Waals surface area contributed by atoms with E-state index in [4.69, 9.17) is 0 Å². The fraction of sp³-hybridized carbons (Fsp3) is 0.429. The highest BCUT2D eigenvalue weighted by molar-refractivity contribution is 14.0. The van der Waals surface area contributed by atoms with Crippen molar-refractivity contribution in [3.05, 3.63) is 51.6 Å². The van der Waals surface area contributed by atoms with Gasteiger partial charge in [0, 0.05) is 54.2 Å². The predicted molar refractivity (Wildman–Crippen MR) is 131 cm³/mol. The quantitative estimate of drug-likeness (QED) is 0.238. The maximum atomic E-state index is 4.68. The van der Waals surface area contributed by atoms with Crippen molar-refractivity contribution < 1.29 is 0 Å². The maximum Gasteiger partial charge on any atom is 0.191 e. The van der Waals surface area contributed by atoms with Gasteiger partial charge in [0.15, 0.2) is 5.96 Å². The summed E-state index contributed by atoms with van der Waals surface area (Å²) in [6.07, 6.45) is 6.96. The molecule has 28 heavy (non-hydrogen) atoms. The van der Waals surface area contributed by atoms with E-state index in [-0.39, 0.29) is 24.0 Å². The van der Waals surface area contributed by atoms with Gasteiger partial charge >= 0.3 is 0 Å². The lowest BCUT2D eigenvalue weighted by Gasteiger charge is -2.11. The smallest absolute Gasteiger partial charge is 0.191 e. The average molecular weight is 511 g/mol. The highest BCUT2D eigenvalue weighted by atomic mass is 127. The molecule has 3 N–H and O–H groups in total. The van der Waals surface area contributed by atoms with E-state index in [1.165, 1.54) is 26.9 Å². The number of hydrogen-bond donors (Lipinski definition) is 3. The number of benzene rings is 1. The van der Waals surface area contributed by atoms with Crippen LogP contribution in [0.2, 0.25) is 0 Å². The molecule has 0 saturated carbocycles. The van der Waals surface area contributed by atoms with E-state index < -0.39 is 0 Å². The molecule has 0 saturated heterocycles. The number of thiazole rings is 1. The number of H-pyrrole nitrogens is 1. The Balaban J connectivity index is 0.00000280. The van der Waals surface area contributed by atoms with Crippen molar-refractivity contribution in [1.82, 2.24) is 20.6 Å². The lowest BCUT2D eigenvalue weighted by molar-refractivity contribution is 0.798. The van der Waals surface area contributed by atoms with Gasteiger partial charge in [-0.1, -0.05) is 25.1 Å². The van der Waals surface area contributed by atoms with E-state index in [9.17, 15) is 0 Å². The molecule has 2 heterocycles. The fourth-order valence-electron chi connectivity index (χ4n) is 3.21. The van der Waals surface area contributed by atoms with Crippen LogP contribution >= 0.6 is 35.3 Å². The van der Waals surface area contributed by atoms with E-state index >= 15 is 0 Å². The zero-order chi connectivity index (χ0) is 19.1. The molecule has 0 amide bonds. The predicted octanol–water partition coefficient (Wildman–Crippen LogP) is 4.45. The minimum atomic E-state index is 0. The molecule has 7 heteroatoms. The molecule has 0 aliphatic carbocycles. The lowest BCUT2D eigenvalue weighted by atomic mass is 10.1. The number of hydrogen-bond acceptors (Lipinski definition) is 3. The van der Waals surface area contributed by atoms with Crippen LogP contribution in [-0.4, -0.2) is 35.6 Å². The largest absolute Gasteiger partial charge is 0.361 e. The second-order valence-electron chi connectivity index (χ2n) is 6.56. The van der Waals surface area contributed by atoms with Crippen LogP contribution in [-0.2, 0) is 19.3 Å². The van der Waals surface area contributed by atoms with E-state index in [1.807, 2.05) is 6.20 Å². The van der Waals surface area contributed by atoms with Crippen molar-refractivity contribution in [1.29, 1.82) is 0 Å². The number of nitrogens with zero attached hydrogens (tertiary/aromatic N) is 2. The Kier molecular flexibility index (Phi) is 9.24. The molecule has 3 aromatic rings. The number of rotatable bonds is 8. The monoisotopic (exact) mass is 511 g/mol. The first-order valence-corrected chi connectivity index (χ1v) is 10.5. The van der Waals surface area contributed by atoms with Crippen LogP contribution in [0.4, 0.5) is 0 Å². The van der Waals surface area contributed by atoms with Crippen molar-refractivity contribution in [3.63, 3.8) is 0 Å². The summed E-state index contributed by atoms with van der Waals surface area (Å²) < 4.78 is 0. The Hall–Kier alpha value is -1.61. The standard InChI is InChI=1S/C21H29N5S.HI/c1-4-16-7-6-8-18-17(14-26-20(16)18)9-11-23-21(22-5-2)24-12-10-19-25-13-15(3)27-19;/h6-8,13-14,26H,4-5,9-12H2,1-3H3,(H2,22,23,24);1H. The zero-order valence-electron chi connectivity index (χ0n) is 16.8. The molecule has 0 aliphatic heterocycles. The van der Waals surface area contributed by atoms with Crippen molar-refractivity contribution in [2.24, 2.45) is 4.99 Å². The molecule has 0 spiro atoms. The minimum Gasteiger partial charge on any atom is -0.361 e. The molecule has 0 fully saturated rings. The van der Waals surface area contributed by atoms with Gasteiger partial charge in [0.25, 0.3) is 0 Å². The van der Waals surface area contributed by atoms with Crippen LogP contribution in [0.15, 0.2) is 35.6 Å². The normalized spacial score (nSPS) is 11.5. The third kappa shape index (κ3) is 5.94. The Morgan fingerprint density at radius 3 is 2.75 bits per heavy atom. The second kappa shape index (κ2) is 11.4. The van der Waals surface area contributed by atoms with Gasteiger partial charge in [0.05, 0.1) is 5.01 Å². The minimum absolute atomic E-state index is 0. The molecule has 1 aromatic carbocycles. The second-order valence-corrected chi connectivity index (χ2v) is 7.88. The van der Waals surface area contributed by atoms with Gasteiger partial charge in [-0.05, 0) is 37.8 Å². The lowest BCUT2D eigenvalue weighted by Crippen LogP contribution is -2.38. The average Bonchev–Trinajstić information content (AvgIpc) is 3.28. The molecule has 0 atom stereocenters. The molecule has 0 unspecified atom stereocenters. The summed E-state index contributed by atoms with van der Waals surface area (Å²) in [6.45, 7) is 8.83. The fourth-order valence-corrected chi connectivity index (χ4v) is 3.99. The molecule has 0 aliphatic rings. The summed E-state index contributed by atoms with van der Waals surface area (Å²) in [5, 5.41) is 9.26. The number of aryl methyl sites for hydroxylation is 2. The van der Waals surface area contributed by atoms with Gasteiger partial charge in [0.1, 0.15) is 0 Å². The van der Waals surface area contributed by atoms with Crippen molar-refractivity contribution in [3.8, 4) is 0 Å². The van der Waals surface area contributed by atoms with Gasteiger partial charge < -0.3 is 15.6 Å². The van der Waals surface area contributed by atoms with Crippen LogP contribution in [0.3, 0.4) is 0 Å². The summed E-state index contributed by atoms with van der Waals surface area (Å²) >= 11 is 1.75. The summed E-state index contributed by atoms with van der Waals surface area (Å²) in [4.78, 5) is 13.8. The SMILES string of the molecule is CCNC(=NCCc1ncc(C)s1)NCCc1c[nH]c2c(CC)cccc12.I. The highest BCUT2D eigenvalue weighted by Crippen LogP contribution is 2.22. The first-order valence-electron chi connectivity index (χ1n) is 9.72. The topological polar surface area (TPSA) is 65.1 Å². The van der Waals surface area contributed by atoms with Gasteiger partial charge in [0.2, 0.25) is 0 Å². The number of para-hydroxylation sites is 1. The zero-order valence-corrected chi connectivity index (χ0v) is 20.0. The van der Waals surface area contributed by atoms with Crippen LogP contribution in [0.25, 0.3) is 10.9 Å². The van der Waals surface area contributed by atoms with Gasteiger partial charge in [-0.3, -0.25) is 4.99 Å². The molecule has 2 aromatic heterocycles. The third-order valence-corrected chi connectivity index (χ3v) is 5.54. The van der Waals surface area contributed by atoms with Crippen LogP contribution in [0.1, 0.15) is 34.9 Å². The first kappa shape index (κ1) is 22.7. The molecule has 152 valence electrons. The third-order valence-electron chi connectivity index (χ3n) is 4.56. The van der Waals surface area contributed by atoms with Crippen molar-refractivity contribution in [2.75, 3.05) is 19.6 Å². The molecular formula is C21H30IN5S. The number of halogens is 1. The number of aromatic nitrogens is 2. The van der Waals surface area contributed by atoms with Crippen molar-refractivity contribution in [2.45, 2.75) is 40.0 Å². The van der Waals surface area contributed by atoms with E-state index in [1.54, 1.807) is 11.3 Å². The summed E-state index contributed by atoms with van der Waals surface area (Å²) in [7, 11) is 0. The van der Waals surface area contributed by atoms with E-state index in [0.717, 1.165) is 49.9 Å². The van der Waals surface area contributed by atoms with Gasteiger partial charge in [-0.25, -0.2) is 4.98 Å². The van der Waals surface area contributed by atoms with Gasteiger partial charge in [-0.2, -0.15) is 0 Å². The number of aliphatic imine (C=N–C) groups is 1. The Morgan fingerprint density at radius 2 is 2.04 bits per heavy atom. The number of guanidine groups is 1. The van der Waals surface area contributed by atoms with Crippen LogP contribution in [0.5, 0.6) is 0 Å². The summed E-state index contributed by atoms with van der Waals surface area (Å²) in [5.41, 5.74) is 4.00. The molecular weight excluding hydrogens is 481 g/mol. The van der Waals surface area contributed by atoms with E-state index in [2.05, 4.69) is 70.8 Å². The summed E-state index contributed by atoms with van der Waals surface area (Å²) in [6, 6.07) is 6.55. The Labute approximate surface area is 188 Å². The highest BCUT2D eigenvalue weighted by Gasteiger charge is 2.07. The first-order chi connectivity index (χ1) is 13.2. The summed E-state index contributed by atoms with van der Waals surface area (Å²) in [5.74, 6) is 0.875. The van der Waals surface area contributed by atoms with Crippen LogP contribution in [0, 0.1) is 6.92 Å². The van der Waals surface area contributed by atoms with Crippen molar-refractivity contribution >= 4 is 52.2 Å². The number of nitrogens with one attached hydrogen (secondary N) is 3. The van der Waals surface area contributed by atoms with Gasteiger partial charge in [-0.15, -0.1) is 35.3 Å². The number of fused-ring (bicyclic) bond motifs is 1. The molecule has 5 nitrogen and oxygen atoms in total.